The standard InChI is InChI=1S/C14H24N4O4S/c1-9(2)13-15-12(16-22-13)11-6-5-7-18(8-11)14(19)10(3)17-23(4,20)21/h9-11,17H,5-8H2,1-4H3/t10-,11-/m1/s1. The molecule has 0 unspecified atom stereocenters. The molecule has 8 nitrogen and oxygen atoms in total. The maximum absolute atomic E-state index is 12.4. The van der Waals surface area contributed by atoms with Gasteiger partial charge in [0.15, 0.2) is 5.82 Å². The van der Waals surface area contributed by atoms with Gasteiger partial charge in [0.25, 0.3) is 0 Å². The highest BCUT2D eigenvalue weighted by Gasteiger charge is 2.31. The molecule has 0 saturated carbocycles. The van der Waals surface area contributed by atoms with Crippen molar-refractivity contribution in [1.29, 1.82) is 0 Å². The van der Waals surface area contributed by atoms with Crippen LogP contribution >= 0.6 is 0 Å². The topological polar surface area (TPSA) is 105 Å². The number of nitrogens with zero attached hydrogens (tertiary/aromatic N) is 3. The predicted octanol–water partition coefficient (Wildman–Crippen LogP) is 0.837. The average molecular weight is 344 g/mol. The van der Waals surface area contributed by atoms with E-state index in [-0.39, 0.29) is 17.7 Å². The zero-order valence-electron chi connectivity index (χ0n) is 13.9. The summed E-state index contributed by atoms with van der Waals surface area (Å²) in [7, 11) is -3.42. The van der Waals surface area contributed by atoms with E-state index in [2.05, 4.69) is 14.9 Å². The molecule has 0 spiro atoms. The molecule has 1 N–H and O–H groups in total. The monoisotopic (exact) mass is 344 g/mol. The van der Waals surface area contributed by atoms with Crippen LogP contribution in [0.2, 0.25) is 0 Å². The van der Waals surface area contributed by atoms with Gasteiger partial charge in [-0.05, 0) is 19.8 Å². The number of rotatable bonds is 5. The summed E-state index contributed by atoms with van der Waals surface area (Å²) in [6.45, 7) is 6.60. The fraction of sp³-hybridized carbons (Fsp3) is 0.786. The summed E-state index contributed by atoms with van der Waals surface area (Å²) in [4.78, 5) is 18.5. The zero-order chi connectivity index (χ0) is 17.2. The van der Waals surface area contributed by atoms with Crippen molar-refractivity contribution in [2.75, 3.05) is 19.3 Å². The SMILES string of the molecule is CC(C)c1nc([C@@H]2CCCN(C(=O)[C@@H](C)NS(C)(=O)=O)C2)no1. The third-order valence-corrected chi connectivity index (χ3v) is 4.59. The van der Waals surface area contributed by atoms with Gasteiger partial charge in [0.2, 0.25) is 21.8 Å². The Kier molecular flexibility index (Phi) is 5.41. The second-order valence-electron chi connectivity index (χ2n) is 6.38. The van der Waals surface area contributed by atoms with Crippen LogP contribution in [0.3, 0.4) is 0 Å². The van der Waals surface area contributed by atoms with Crippen molar-refractivity contribution < 1.29 is 17.7 Å². The quantitative estimate of drug-likeness (QED) is 0.848. The molecule has 1 saturated heterocycles. The van der Waals surface area contributed by atoms with E-state index in [1.165, 1.54) is 0 Å². The first-order chi connectivity index (χ1) is 10.7. The van der Waals surface area contributed by atoms with Gasteiger partial charge in [-0.2, -0.15) is 4.98 Å². The van der Waals surface area contributed by atoms with Gasteiger partial charge in [-0.3, -0.25) is 4.79 Å². The Morgan fingerprint density at radius 1 is 1.39 bits per heavy atom. The number of likely N-dealkylation sites (tertiary alicyclic amines) is 1. The van der Waals surface area contributed by atoms with Crippen molar-refractivity contribution >= 4 is 15.9 Å². The first-order valence-electron chi connectivity index (χ1n) is 7.77. The van der Waals surface area contributed by atoms with E-state index in [0.29, 0.717) is 24.8 Å². The Bertz CT molecular complexity index is 655. The minimum absolute atomic E-state index is 0.0226. The summed E-state index contributed by atoms with van der Waals surface area (Å²) in [5, 5.41) is 4.02. The number of amides is 1. The van der Waals surface area contributed by atoms with Crippen molar-refractivity contribution in [2.45, 2.75) is 51.5 Å². The van der Waals surface area contributed by atoms with Crippen molar-refractivity contribution in [2.24, 2.45) is 0 Å². The minimum Gasteiger partial charge on any atom is -0.341 e. The maximum Gasteiger partial charge on any atom is 0.240 e. The summed E-state index contributed by atoms with van der Waals surface area (Å²) in [6, 6.07) is -0.778. The van der Waals surface area contributed by atoms with Crippen LogP contribution in [0.1, 0.15) is 57.2 Å². The molecular weight excluding hydrogens is 320 g/mol. The molecule has 0 bridgehead atoms. The fourth-order valence-corrected chi connectivity index (χ4v) is 3.42. The van der Waals surface area contributed by atoms with Gasteiger partial charge in [-0.15, -0.1) is 0 Å². The van der Waals surface area contributed by atoms with Gasteiger partial charge in [0, 0.05) is 24.9 Å². The van der Waals surface area contributed by atoms with E-state index in [1.54, 1.807) is 11.8 Å². The Hall–Kier alpha value is -1.48. The summed E-state index contributed by atoms with van der Waals surface area (Å²) in [5.41, 5.74) is 0. The molecule has 1 fully saturated rings. The molecule has 2 rings (SSSR count). The van der Waals surface area contributed by atoms with E-state index >= 15 is 0 Å². The molecule has 0 aliphatic carbocycles. The first kappa shape index (κ1) is 17.9. The Morgan fingerprint density at radius 3 is 2.65 bits per heavy atom. The zero-order valence-corrected chi connectivity index (χ0v) is 14.8. The molecule has 1 aromatic rings. The van der Waals surface area contributed by atoms with E-state index in [1.807, 2.05) is 13.8 Å². The van der Waals surface area contributed by atoms with Gasteiger partial charge < -0.3 is 9.42 Å². The van der Waals surface area contributed by atoms with Crippen LogP contribution in [0.15, 0.2) is 4.52 Å². The minimum atomic E-state index is -3.42. The number of nitrogens with one attached hydrogen (secondary N) is 1. The van der Waals surface area contributed by atoms with Gasteiger partial charge in [0.1, 0.15) is 0 Å². The Balaban J connectivity index is 2.03. The van der Waals surface area contributed by atoms with Crippen molar-refractivity contribution in [3.8, 4) is 0 Å². The number of carbonyl (C=O) groups excluding carboxylic acids is 1. The van der Waals surface area contributed by atoms with Crippen LogP contribution < -0.4 is 4.72 Å². The largest absolute Gasteiger partial charge is 0.341 e. The van der Waals surface area contributed by atoms with Gasteiger partial charge in [-0.1, -0.05) is 19.0 Å². The first-order valence-corrected chi connectivity index (χ1v) is 9.66. The summed E-state index contributed by atoms with van der Waals surface area (Å²) < 4.78 is 30.1. The molecule has 9 heteroatoms. The second kappa shape index (κ2) is 6.96. The van der Waals surface area contributed by atoms with Gasteiger partial charge in [0.05, 0.1) is 12.3 Å². The third-order valence-electron chi connectivity index (χ3n) is 3.81. The maximum atomic E-state index is 12.4. The molecular formula is C14H24N4O4S. The fourth-order valence-electron chi connectivity index (χ4n) is 2.68. The number of carbonyl (C=O) groups is 1. The smallest absolute Gasteiger partial charge is 0.240 e. The van der Waals surface area contributed by atoms with Crippen LogP contribution in [0, 0.1) is 0 Å². The molecule has 130 valence electrons. The van der Waals surface area contributed by atoms with Gasteiger partial charge in [-0.25, -0.2) is 13.1 Å². The van der Waals surface area contributed by atoms with Crippen molar-refractivity contribution in [1.82, 2.24) is 19.8 Å². The Labute approximate surface area is 136 Å². The van der Waals surface area contributed by atoms with Crippen LogP contribution in [0.5, 0.6) is 0 Å². The lowest BCUT2D eigenvalue weighted by Gasteiger charge is -2.33. The molecule has 1 aliphatic heterocycles. The van der Waals surface area contributed by atoms with Crippen LogP contribution in [-0.4, -0.2) is 54.8 Å². The number of hydrogen-bond donors (Lipinski definition) is 1. The summed E-state index contributed by atoms with van der Waals surface area (Å²) >= 11 is 0. The highest BCUT2D eigenvalue weighted by molar-refractivity contribution is 7.88. The molecule has 0 aromatic carbocycles. The molecule has 23 heavy (non-hydrogen) atoms. The van der Waals surface area contributed by atoms with Crippen molar-refractivity contribution in [3.63, 3.8) is 0 Å². The second-order valence-corrected chi connectivity index (χ2v) is 8.16. The van der Waals surface area contributed by atoms with E-state index in [4.69, 9.17) is 4.52 Å². The Morgan fingerprint density at radius 2 is 2.09 bits per heavy atom. The normalized spacial score (nSPS) is 20.7. The third kappa shape index (κ3) is 4.74. The van der Waals surface area contributed by atoms with E-state index in [9.17, 15) is 13.2 Å². The number of aromatic nitrogens is 2. The van der Waals surface area contributed by atoms with Gasteiger partial charge >= 0.3 is 0 Å². The highest BCUT2D eigenvalue weighted by atomic mass is 32.2. The van der Waals surface area contributed by atoms with Crippen LogP contribution in [0.25, 0.3) is 0 Å². The number of piperidine rings is 1. The van der Waals surface area contributed by atoms with E-state index < -0.39 is 16.1 Å². The van der Waals surface area contributed by atoms with Crippen molar-refractivity contribution in [3.05, 3.63) is 11.7 Å². The van der Waals surface area contributed by atoms with E-state index in [0.717, 1.165) is 19.1 Å². The summed E-state index contributed by atoms with van der Waals surface area (Å²) in [5.74, 6) is 1.17. The lowest BCUT2D eigenvalue weighted by Crippen LogP contribution is -2.49. The lowest BCUT2D eigenvalue weighted by molar-refractivity contribution is -0.133. The van der Waals surface area contributed by atoms with Crippen LogP contribution in [0.4, 0.5) is 0 Å². The average Bonchev–Trinajstić information content (AvgIpc) is 2.95. The number of hydrogen-bond acceptors (Lipinski definition) is 6. The lowest BCUT2D eigenvalue weighted by atomic mass is 9.97. The molecule has 1 aromatic heterocycles. The molecule has 2 atom stereocenters. The summed E-state index contributed by atoms with van der Waals surface area (Å²) in [6.07, 6.45) is 2.75. The predicted molar refractivity (Wildman–Crippen MR) is 84.4 cm³/mol. The molecule has 2 heterocycles. The molecule has 1 aliphatic rings. The molecule has 0 radical (unpaired) electrons. The molecule has 1 amide bonds. The highest BCUT2D eigenvalue weighted by Crippen LogP contribution is 2.26. The number of sulfonamides is 1. The van der Waals surface area contributed by atoms with Crippen LogP contribution in [-0.2, 0) is 14.8 Å².